The van der Waals surface area contributed by atoms with Crippen molar-refractivity contribution in [1.82, 2.24) is 10.6 Å². The molecule has 2 nitrogen and oxygen atoms in total. The van der Waals surface area contributed by atoms with Gasteiger partial charge in [-0.05, 0) is 26.4 Å². The van der Waals surface area contributed by atoms with Crippen molar-refractivity contribution in [2.24, 2.45) is 0 Å². The zero-order valence-corrected chi connectivity index (χ0v) is 9.45. The Bertz CT molecular complexity index is 141. The van der Waals surface area contributed by atoms with E-state index in [1.807, 2.05) is 7.05 Å². The summed E-state index contributed by atoms with van der Waals surface area (Å²) in [4.78, 5) is 0. The van der Waals surface area contributed by atoms with Gasteiger partial charge in [0.05, 0.1) is 0 Å². The van der Waals surface area contributed by atoms with Crippen LogP contribution in [-0.2, 0) is 0 Å². The van der Waals surface area contributed by atoms with Crippen LogP contribution >= 0.6 is 0 Å². The van der Waals surface area contributed by atoms with Gasteiger partial charge in [0.2, 0.25) is 0 Å². The third-order valence-electron chi connectivity index (χ3n) is 2.37. The summed E-state index contributed by atoms with van der Waals surface area (Å²) in [6.07, 6.45) is 1.74. The summed E-state index contributed by atoms with van der Waals surface area (Å²) in [5.41, 5.74) is 0. The van der Waals surface area contributed by atoms with E-state index in [9.17, 15) is 0 Å². The second-order valence-corrected chi connectivity index (χ2v) is 3.68. The van der Waals surface area contributed by atoms with Crippen molar-refractivity contribution in [2.45, 2.75) is 18.9 Å². The molecule has 2 N–H and O–H groups in total. The van der Waals surface area contributed by atoms with Gasteiger partial charge >= 0.3 is 0 Å². The van der Waals surface area contributed by atoms with Crippen LogP contribution in [-0.4, -0.2) is 77.0 Å². The molecule has 9 heteroatoms. The molecule has 1 unspecified atom stereocenters. The minimum Gasteiger partial charge on any atom is -0.316 e. The number of hydrogen-bond donors (Lipinski definition) is 2. The third kappa shape index (κ3) is 8.21. The van der Waals surface area contributed by atoms with Crippen LogP contribution in [0.15, 0.2) is 0 Å². The highest BCUT2D eigenvalue weighted by Crippen LogP contribution is 1.98. The highest BCUT2D eigenvalue weighted by atomic mass is 15.0. The fourth-order valence-electron chi connectivity index (χ4n) is 1.23. The molecular weight excluding hydrogens is 176 g/mol. The Balaban J connectivity index is 0.000000265. The van der Waals surface area contributed by atoms with E-state index in [0.717, 1.165) is 12.6 Å². The zero-order chi connectivity index (χ0) is 11.7. The standard InChI is InChI=1S/C6H14N2.B7/c1-7-6-3-2-4-8-5-6;1-5-7(4)6(2)3/h6-8H,2-5H2,1H3;. The van der Waals surface area contributed by atoms with Gasteiger partial charge in [0.1, 0.15) is 0 Å². The highest BCUT2D eigenvalue weighted by molar-refractivity contribution is 7.81. The van der Waals surface area contributed by atoms with Crippen molar-refractivity contribution < 1.29 is 0 Å². The molecule has 1 fully saturated rings. The molecule has 1 saturated heterocycles. The Morgan fingerprint density at radius 1 is 1.40 bits per heavy atom. The van der Waals surface area contributed by atoms with Crippen molar-refractivity contribution >= 4 is 50.8 Å². The van der Waals surface area contributed by atoms with E-state index in [-0.39, 0.29) is 6.39 Å². The molecule has 0 amide bonds. The van der Waals surface area contributed by atoms with Gasteiger partial charge in [0.15, 0.2) is 0 Å². The van der Waals surface area contributed by atoms with Crippen molar-refractivity contribution in [3.63, 3.8) is 0 Å². The van der Waals surface area contributed by atoms with Gasteiger partial charge in [-0.1, -0.05) is 0 Å². The van der Waals surface area contributed by atoms with Gasteiger partial charge in [0.25, 0.3) is 0 Å². The predicted octanol–water partition coefficient (Wildman–Crippen LogP) is -2.71. The van der Waals surface area contributed by atoms with Crippen LogP contribution in [0.5, 0.6) is 0 Å². The fraction of sp³-hybridized carbons (Fsp3) is 1.00. The van der Waals surface area contributed by atoms with Crippen LogP contribution in [0.4, 0.5) is 0 Å². The summed E-state index contributed by atoms with van der Waals surface area (Å²) in [7, 11) is 23.6. The lowest BCUT2D eigenvalue weighted by molar-refractivity contribution is 0.412. The third-order valence-corrected chi connectivity index (χ3v) is 2.37. The lowest BCUT2D eigenvalue weighted by atomic mass is 8.76. The summed E-state index contributed by atoms with van der Waals surface area (Å²) in [5.74, 6) is 0. The van der Waals surface area contributed by atoms with Crippen LogP contribution in [0.2, 0.25) is 0 Å². The average Bonchev–Trinajstić information content (AvgIpc) is 2.29. The molecule has 1 atom stereocenters. The molecule has 0 bridgehead atoms. The van der Waals surface area contributed by atoms with E-state index >= 15 is 0 Å². The number of likely N-dealkylation sites (N-methyl/N-ethyl adjacent to an activating group) is 1. The molecule has 0 aromatic carbocycles. The first-order valence-electron chi connectivity index (χ1n) is 5.31. The molecule has 1 aliphatic heterocycles. The summed E-state index contributed by atoms with van der Waals surface area (Å²) in [6.45, 7) is 2.36. The van der Waals surface area contributed by atoms with Gasteiger partial charge < -0.3 is 10.6 Å². The van der Waals surface area contributed by atoms with Crippen LogP contribution in [0.1, 0.15) is 12.8 Å². The molecule has 69 valence electrons. The van der Waals surface area contributed by atoms with Gasteiger partial charge in [0, 0.05) is 63.4 Å². The minimum atomic E-state index is -0.537. The van der Waals surface area contributed by atoms with Gasteiger partial charge in [-0.25, -0.2) is 0 Å². The average molecular weight is 190 g/mol. The van der Waals surface area contributed by atoms with Crippen molar-refractivity contribution in [3.8, 4) is 0 Å². The molecule has 15 heavy (non-hydrogen) atoms. The Kier molecular flexibility index (Phi) is 9.83. The topological polar surface area (TPSA) is 24.1 Å². The van der Waals surface area contributed by atoms with Crippen LogP contribution in [0.3, 0.4) is 0 Å². The first-order valence-corrected chi connectivity index (χ1v) is 5.31. The maximum atomic E-state index is 5.19. The van der Waals surface area contributed by atoms with Crippen LogP contribution in [0.25, 0.3) is 0 Å². The SMILES string of the molecule is CNC1CCCNC1.[B][B]B([B])B([B])[B]. The van der Waals surface area contributed by atoms with Gasteiger partial charge in [-0.2, -0.15) is 0 Å². The normalized spacial score (nSPS) is 19.7. The molecule has 0 aromatic rings. The summed E-state index contributed by atoms with van der Waals surface area (Å²) < 4.78 is 0. The molecule has 1 heterocycles. The maximum absolute atomic E-state index is 5.19. The molecule has 9 radical (unpaired) electrons. The summed E-state index contributed by atoms with van der Waals surface area (Å²) >= 11 is 0. The van der Waals surface area contributed by atoms with Gasteiger partial charge in [-0.15, -0.1) is 0 Å². The second kappa shape index (κ2) is 9.59. The quantitative estimate of drug-likeness (QED) is 0.473. The number of hydrogen-bond acceptors (Lipinski definition) is 2. The minimum absolute atomic E-state index is 0.389. The monoisotopic (exact) mass is 191 g/mol. The van der Waals surface area contributed by atoms with E-state index in [4.69, 9.17) is 30.9 Å². The smallest absolute Gasteiger partial charge is 0.0189 e. The Hall–Kier alpha value is 0.375. The lowest BCUT2D eigenvalue weighted by Gasteiger charge is -2.21. The van der Waals surface area contributed by atoms with E-state index in [1.54, 1.807) is 0 Å². The lowest BCUT2D eigenvalue weighted by Crippen LogP contribution is -2.43. The van der Waals surface area contributed by atoms with Crippen LogP contribution < -0.4 is 10.6 Å². The molecule has 0 saturated carbocycles. The largest absolute Gasteiger partial charge is 0.316 e. The van der Waals surface area contributed by atoms with E-state index < -0.39 is 6.39 Å². The Morgan fingerprint density at radius 2 is 2.07 bits per heavy atom. The van der Waals surface area contributed by atoms with Crippen molar-refractivity contribution in [2.75, 3.05) is 20.1 Å². The van der Waals surface area contributed by atoms with Crippen molar-refractivity contribution in [3.05, 3.63) is 0 Å². The molecule has 0 aliphatic carbocycles. The van der Waals surface area contributed by atoms with Crippen molar-refractivity contribution in [1.29, 1.82) is 0 Å². The first-order chi connectivity index (χ1) is 7.11. The fourth-order valence-corrected chi connectivity index (χ4v) is 1.23. The summed E-state index contributed by atoms with van der Waals surface area (Å²) in [6, 6.07) is 0.726. The Morgan fingerprint density at radius 3 is 2.27 bits per heavy atom. The summed E-state index contributed by atoms with van der Waals surface area (Å²) in [5, 5.41) is 6.56. The van der Waals surface area contributed by atoms with E-state index in [1.165, 1.54) is 26.4 Å². The van der Waals surface area contributed by atoms with E-state index in [2.05, 4.69) is 10.6 Å². The maximum Gasteiger partial charge on any atom is 0.0189 e. The predicted molar refractivity (Wildman–Crippen MR) is 75.2 cm³/mol. The number of rotatable bonds is 3. The van der Waals surface area contributed by atoms with Gasteiger partial charge in [-0.3, -0.25) is 0 Å². The Labute approximate surface area is 101 Å². The molecule has 0 spiro atoms. The molecule has 1 aliphatic rings. The van der Waals surface area contributed by atoms with Crippen LogP contribution in [0, 0.1) is 0 Å². The number of nitrogens with one attached hydrogen (secondary N) is 2. The number of piperidine rings is 1. The molecule has 1 rings (SSSR count). The molecular formula is C6H14B7N2. The second-order valence-electron chi connectivity index (χ2n) is 3.68. The zero-order valence-electron chi connectivity index (χ0n) is 9.45. The first kappa shape index (κ1) is 15.4. The molecule has 0 aromatic heterocycles. The van der Waals surface area contributed by atoms with E-state index in [0.29, 0.717) is 0 Å². The highest BCUT2D eigenvalue weighted by Gasteiger charge is 2.08.